The molecule has 6 heteroatoms. The first-order chi connectivity index (χ1) is 9.56. The van der Waals surface area contributed by atoms with E-state index in [9.17, 15) is 8.42 Å². The van der Waals surface area contributed by atoms with Gasteiger partial charge in [0.05, 0.1) is 0 Å². The molecule has 1 aliphatic rings. The summed E-state index contributed by atoms with van der Waals surface area (Å²) in [4.78, 5) is 0. The van der Waals surface area contributed by atoms with Gasteiger partial charge in [0.1, 0.15) is 0 Å². The quantitative estimate of drug-likeness (QED) is 0.869. The number of benzene rings is 1. The highest BCUT2D eigenvalue weighted by atomic mass is 32.2. The minimum Gasteiger partial charge on any atom is -0.329 e. The van der Waals surface area contributed by atoms with Crippen LogP contribution < -0.4 is 10.5 Å². The SMILES string of the molecule is CCc1ccc(NS(=O)(=O)N2CCCCC2CN)cc1. The summed E-state index contributed by atoms with van der Waals surface area (Å²) in [6.07, 6.45) is 3.71. The van der Waals surface area contributed by atoms with E-state index < -0.39 is 10.2 Å². The van der Waals surface area contributed by atoms with E-state index in [1.807, 2.05) is 12.1 Å². The summed E-state index contributed by atoms with van der Waals surface area (Å²) in [6.45, 7) is 2.98. The molecule has 1 fully saturated rings. The summed E-state index contributed by atoms with van der Waals surface area (Å²) >= 11 is 0. The second kappa shape index (κ2) is 6.56. The highest BCUT2D eigenvalue weighted by Crippen LogP contribution is 2.21. The Morgan fingerprint density at radius 2 is 2.00 bits per heavy atom. The van der Waals surface area contributed by atoms with Crippen LogP contribution in [0.15, 0.2) is 24.3 Å². The number of nitrogens with zero attached hydrogens (tertiary/aromatic N) is 1. The van der Waals surface area contributed by atoms with Crippen molar-refractivity contribution in [1.29, 1.82) is 0 Å². The van der Waals surface area contributed by atoms with Gasteiger partial charge in [-0.25, -0.2) is 0 Å². The molecule has 5 nitrogen and oxygen atoms in total. The fourth-order valence-corrected chi connectivity index (χ4v) is 4.05. The van der Waals surface area contributed by atoms with E-state index in [0.29, 0.717) is 18.8 Å². The maximum Gasteiger partial charge on any atom is 0.301 e. The highest BCUT2D eigenvalue weighted by Gasteiger charge is 2.31. The lowest BCUT2D eigenvalue weighted by molar-refractivity contribution is 0.259. The second-order valence-electron chi connectivity index (χ2n) is 5.15. The van der Waals surface area contributed by atoms with E-state index in [1.54, 1.807) is 12.1 Å². The van der Waals surface area contributed by atoms with Crippen LogP contribution in [0.1, 0.15) is 31.7 Å². The van der Waals surface area contributed by atoms with E-state index in [0.717, 1.165) is 25.7 Å². The van der Waals surface area contributed by atoms with Gasteiger partial charge < -0.3 is 5.73 Å². The Labute approximate surface area is 121 Å². The number of hydrogen-bond donors (Lipinski definition) is 2. The monoisotopic (exact) mass is 297 g/mol. The summed E-state index contributed by atoms with van der Waals surface area (Å²) in [5.41, 5.74) is 7.47. The van der Waals surface area contributed by atoms with E-state index >= 15 is 0 Å². The Bertz CT molecular complexity index is 528. The molecular weight excluding hydrogens is 274 g/mol. The van der Waals surface area contributed by atoms with E-state index in [-0.39, 0.29) is 6.04 Å². The molecule has 1 atom stereocenters. The van der Waals surface area contributed by atoms with Crippen LogP contribution in [-0.4, -0.2) is 31.9 Å². The molecule has 112 valence electrons. The molecule has 0 spiro atoms. The van der Waals surface area contributed by atoms with Crippen molar-refractivity contribution < 1.29 is 8.42 Å². The molecule has 1 saturated heterocycles. The second-order valence-corrected chi connectivity index (χ2v) is 6.78. The molecule has 1 aromatic carbocycles. The summed E-state index contributed by atoms with van der Waals surface area (Å²) in [5, 5.41) is 0. The number of aryl methyl sites for hydroxylation is 1. The normalized spacial score (nSPS) is 20.8. The number of nitrogens with two attached hydrogens (primary N) is 1. The summed E-state index contributed by atoms with van der Waals surface area (Å²) < 4.78 is 29.0. The third kappa shape index (κ3) is 3.50. The van der Waals surface area contributed by atoms with Crippen molar-refractivity contribution in [2.75, 3.05) is 17.8 Å². The Balaban J connectivity index is 2.12. The van der Waals surface area contributed by atoms with Crippen LogP contribution in [0.3, 0.4) is 0 Å². The molecule has 0 aliphatic carbocycles. The predicted octanol–water partition coefficient (Wildman–Crippen LogP) is 1.72. The fourth-order valence-electron chi connectivity index (χ4n) is 2.54. The van der Waals surface area contributed by atoms with Gasteiger partial charge in [-0.2, -0.15) is 12.7 Å². The standard InChI is InChI=1S/C14H23N3O2S/c1-2-12-6-8-13(9-7-12)16-20(18,19)17-10-4-3-5-14(17)11-15/h6-9,14,16H,2-5,10-11,15H2,1H3. The molecule has 3 N–H and O–H groups in total. The molecule has 20 heavy (non-hydrogen) atoms. The van der Waals surface area contributed by atoms with Crippen LogP contribution in [0.5, 0.6) is 0 Å². The molecule has 0 amide bonds. The van der Waals surface area contributed by atoms with Gasteiger partial charge in [0.25, 0.3) is 0 Å². The lowest BCUT2D eigenvalue weighted by Crippen LogP contribution is -2.49. The molecule has 1 heterocycles. The summed E-state index contributed by atoms with van der Waals surface area (Å²) in [5.74, 6) is 0. The number of nitrogens with one attached hydrogen (secondary N) is 1. The summed E-state index contributed by atoms with van der Waals surface area (Å²) in [7, 11) is -3.51. The predicted molar refractivity (Wildman–Crippen MR) is 81.8 cm³/mol. The maximum absolute atomic E-state index is 12.4. The van der Waals surface area contributed by atoms with Gasteiger partial charge in [-0.3, -0.25) is 4.72 Å². The molecule has 1 aromatic rings. The first-order valence-corrected chi connectivity index (χ1v) is 8.59. The highest BCUT2D eigenvalue weighted by molar-refractivity contribution is 7.90. The van der Waals surface area contributed by atoms with Crippen molar-refractivity contribution >= 4 is 15.9 Å². The lowest BCUT2D eigenvalue weighted by Gasteiger charge is -2.33. The average Bonchev–Trinajstić information content (AvgIpc) is 2.47. The first-order valence-electron chi connectivity index (χ1n) is 7.15. The van der Waals surface area contributed by atoms with Gasteiger partial charge in [-0.1, -0.05) is 25.5 Å². The zero-order valence-electron chi connectivity index (χ0n) is 11.9. The molecular formula is C14H23N3O2S. The largest absolute Gasteiger partial charge is 0.329 e. The molecule has 0 aromatic heterocycles. The van der Waals surface area contributed by atoms with Crippen LogP contribution >= 0.6 is 0 Å². The zero-order chi connectivity index (χ0) is 14.6. The maximum atomic E-state index is 12.4. The van der Waals surface area contributed by atoms with Crippen LogP contribution in [-0.2, 0) is 16.6 Å². The Morgan fingerprint density at radius 1 is 1.30 bits per heavy atom. The Morgan fingerprint density at radius 3 is 2.60 bits per heavy atom. The third-order valence-corrected chi connectivity index (χ3v) is 5.35. The smallest absolute Gasteiger partial charge is 0.301 e. The summed E-state index contributed by atoms with van der Waals surface area (Å²) in [6, 6.07) is 7.40. The molecule has 0 bridgehead atoms. The van der Waals surface area contributed by atoms with Crippen LogP contribution in [0.4, 0.5) is 5.69 Å². The molecule has 0 radical (unpaired) electrons. The lowest BCUT2D eigenvalue weighted by atomic mass is 10.1. The van der Waals surface area contributed by atoms with Gasteiger partial charge in [-0.15, -0.1) is 0 Å². The Kier molecular flexibility index (Phi) is 5.01. The number of anilines is 1. The van der Waals surface area contributed by atoms with Crippen LogP contribution in [0.25, 0.3) is 0 Å². The molecule has 1 unspecified atom stereocenters. The average molecular weight is 297 g/mol. The van der Waals surface area contributed by atoms with Crippen molar-refractivity contribution in [3.63, 3.8) is 0 Å². The Hall–Kier alpha value is -1.11. The van der Waals surface area contributed by atoms with Crippen molar-refractivity contribution in [2.45, 2.75) is 38.6 Å². The fraction of sp³-hybridized carbons (Fsp3) is 0.571. The number of piperidine rings is 1. The topological polar surface area (TPSA) is 75.4 Å². The van der Waals surface area contributed by atoms with E-state index in [1.165, 1.54) is 9.87 Å². The first kappa shape index (κ1) is 15.3. The van der Waals surface area contributed by atoms with Gasteiger partial charge >= 0.3 is 10.2 Å². The van der Waals surface area contributed by atoms with Crippen molar-refractivity contribution in [2.24, 2.45) is 5.73 Å². The van der Waals surface area contributed by atoms with Gasteiger partial charge in [0.15, 0.2) is 0 Å². The van der Waals surface area contributed by atoms with Crippen molar-refractivity contribution in [3.05, 3.63) is 29.8 Å². The van der Waals surface area contributed by atoms with Gasteiger partial charge in [0.2, 0.25) is 0 Å². The number of rotatable bonds is 5. The van der Waals surface area contributed by atoms with Crippen molar-refractivity contribution in [3.8, 4) is 0 Å². The van der Waals surface area contributed by atoms with E-state index in [4.69, 9.17) is 5.73 Å². The van der Waals surface area contributed by atoms with Crippen LogP contribution in [0, 0.1) is 0 Å². The van der Waals surface area contributed by atoms with E-state index in [2.05, 4.69) is 11.6 Å². The van der Waals surface area contributed by atoms with Gasteiger partial charge in [0, 0.05) is 24.8 Å². The van der Waals surface area contributed by atoms with Crippen LogP contribution in [0.2, 0.25) is 0 Å². The zero-order valence-corrected chi connectivity index (χ0v) is 12.7. The van der Waals surface area contributed by atoms with Gasteiger partial charge in [-0.05, 0) is 37.0 Å². The third-order valence-electron chi connectivity index (χ3n) is 3.76. The van der Waals surface area contributed by atoms with Crippen molar-refractivity contribution in [1.82, 2.24) is 4.31 Å². The number of hydrogen-bond acceptors (Lipinski definition) is 3. The molecule has 1 aliphatic heterocycles. The molecule has 0 saturated carbocycles. The molecule has 2 rings (SSSR count). The minimum atomic E-state index is -3.51. The minimum absolute atomic E-state index is 0.0869.